The molecule has 0 radical (unpaired) electrons. The van der Waals surface area contributed by atoms with Gasteiger partial charge in [-0.15, -0.1) is 0 Å². The molecule has 0 aromatic heterocycles. The van der Waals surface area contributed by atoms with E-state index in [0.29, 0.717) is 5.41 Å². The summed E-state index contributed by atoms with van der Waals surface area (Å²) in [6.07, 6.45) is 4.00. The minimum absolute atomic E-state index is 0.565. The van der Waals surface area contributed by atoms with Crippen LogP contribution in [-0.2, 0) is 0 Å². The molecule has 0 rings (SSSR count). The second kappa shape index (κ2) is 7.64. The third-order valence-electron chi connectivity index (χ3n) is 2.56. The molecule has 0 heteroatoms. The van der Waals surface area contributed by atoms with Gasteiger partial charge in [-0.1, -0.05) is 61.3 Å². The van der Waals surface area contributed by atoms with Crippen LogP contribution in [0.2, 0.25) is 0 Å². The Balaban J connectivity index is 0. The van der Waals surface area contributed by atoms with E-state index >= 15 is 0 Å². The molecule has 0 amide bonds. The standard InChI is InChI=1S/C10H22.C2H6/c1-6-9(3)8-10(4,5)7-2;1-2/h9H,6-8H2,1-5H3;1-2H3. The smallest absolute Gasteiger partial charge is 0.0354 e. The van der Waals surface area contributed by atoms with Gasteiger partial charge in [0.05, 0.1) is 0 Å². The summed E-state index contributed by atoms with van der Waals surface area (Å²) in [7, 11) is 0. The van der Waals surface area contributed by atoms with Gasteiger partial charge < -0.3 is 0 Å². The van der Waals surface area contributed by atoms with Crippen LogP contribution in [0.25, 0.3) is 0 Å². The van der Waals surface area contributed by atoms with E-state index in [2.05, 4.69) is 34.6 Å². The molecule has 0 N–H and O–H groups in total. The molecule has 0 aliphatic heterocycles. The van der Waals surface area contributed by atoms with E-state index in [9.17, 15) is 0 Å². The molecule has 0 aliphatic rings. The number of hydrogen-bond donors (Lipinski definition) is 0. The first-order valence-corrected chi connectivity index (χ1v) is 5.52. The predicted octanol–water partition coefficient (Wildman–Crippen LogP) is 4.89. The molecule has 12 heavy (non-hydrogen) atoms. The number of rotatable bonds is 4. The quantitative estimate of drug-likeness (QED) is 0.566. The highest BCUT2D eigenvalue weighted by atomic mass is 14.2. The normalized spacial score (nSPS) is 13.2. The summed E-state index contributed by atoms with van der Waals surface area (Å²) in [4.78, 5) is 0. The molecule has 0 spiro atoms. The van der Waals surface area contributed by atoms with Crippen LogP contribution in [0.15, 0.2) is 0 Å². The highest BCUT2D eigenvalue weighted by molar-refractivity contribution is 4.68. The molecule has 0 saturated heterocycles. The van der Waals surface area contributed by atoms with Gasteiger partial charge >= 0.3 is 0 Å². The van der Waals surface area contributed by atoms with Crippen LogP contribution < -0.4 is 0 Å². The highest BCUT2D eigenvalue weighted by Gasteiger charge is 2.17. The van der Waals surface area contributed by atoms with Crippen LogP contribution >= 0.6 is 0 Å². The fourth-order valence-corrected chi connectivity index (χ4v) is 1.23. The van der Waals surface area contributed by atoms with Crippen molar-refractivity contribution in [2.75, 3.05) is 0 Å². The van der Waals surface area contributed by atoms with Crippen LogP contribution in [0.5, 0.6) is 0 Å². The Bertz CT molecular complexity index is 82.0. The van der Waals surface area contributed by atoms with E-state index < -0.39 is 0 Å². The topological polar surface area (TPSA) is 0 Å². The maximum Gasteiger partial charge on any atom is -0.0354 e. The Morgan fingerprint density at radius 1 is 1.08 bits per heavy atom. The molecule has 0 heterocycles. The van der Waals surface area contributed by atoms with Crippen LogP contribution in [0.4, 0.5) is 0 Å². The zero-order chi connectivity index (χ0) is 10.2. The Hall–Kier alpha value is 0. The van der Waals surface area contributed by atoms with Gasteiger partial charge in [0.1, 0.15) is 0 Å². The van der Waals surface area contributed by atoms with Gasteiger partial charge in [-0.25, -0.2) is 0 Å². The van der Waals surface area contributed by atoms with Crippen LogP contribution in [0.3, 0.4) is 0 Å². The van der Waals surface area contributed by atoms with Crippen molar-refractivity contribution in [1.29, 1.82) is 0 Å². The van der Waals surface area contributed by atoms with Crippen LogP contribution in [-0.4, -0.2) is 0 Å². The first-order valence-electron chi connectivity index (χ1n) is 5.52. The fraction of sp³-hybridized carbons (Fsp3) is 1.00. The van der Waals surface area contributed by atoms with Crippen molar-refractivity contribution in [3.8, 4) is 0 Å². The van der Waals surface area contributed by atoms with E-state index in [0.717, 1.165) is 5.92 Å². The van der Waals surface area contributed by atoms with Crippen molar-refractivity contribution in [3.05, 3.63) is 0 Å². The van der Waals surface area contributed by atoms with Crippen molar-refractivity contribution in [2.24, 2.45) is 11.3 Å². The Kier molecular flexibility index (Phi) is 9.24. The summed E-state index contributed by atoms with van der Waals surface area (Å²) in [5, 5.41) is 0. The van der Waals surface area contributed by atoms with Crippen LogP contribution in [0, 0.1) is 11.3 Å². The SMILES string of the molecule is CC.CCC(C)CC(C)(C)CC. The van der Waals surface area contributed by atoms with Gasteiger partial charge in [0.2, 0.25) is 0 Å². The van der Waals surface area contributed by atoms with Crippen molar-refractivity contribution in [2.45, 2.75) is 67.7 Å². The zero-order valence-corrected chi connectivity index (χ0v) is 10.2. The second-order valence-electron chi connectivity index (χ2n) is 4.24. The van der Waals surface area contributed by atoms with Gasteiger partial charge in [-0.05, 0) is 17.8 Å². The van der Waals surface area contributed by atoms with Crippen LogP contribution in [0.1, 0.15) is 67.7 Å². The van der Waals surface area contributed by atoms with E-state index in [4.69, 9.17) is 0 Å². The Labute approximate surface area is 79.8 Å². The molecule has 76 valence electrons. The van der Waals surface area contributed by atoms with Gasteiger partial charge in [-0.2, -0.15) is 0 Å². The monoisotopic (exact) mass is 172 g/mol. The molecule has 0 saturated carbocycles. The van der Waals surface area contributed by atoms with Gasteiger partial charge in [0, 0.05) is 0 Å². The van der Waals surface area contributed by atoms with E-state index in [1.807, 2.05) is 13.8 Å². The molecule has 0 aromatic rings. The Morgan fingerprint density at radius 2 is 1.50 bits per heavy atom. The third kappa shape index (κ3) is 8.10. The summed E-state index contributed by atoms with van der Waals surface area (Å²) in [6.45, 7) is 15.6. The molecule has 0 aliphatic carbocycles. The average molecular weight is 172 g/mol. The average Bonchev–Trinajstić information content (AvgIpc) is 2.07. The summed E-state index contributed by atoms with van der Waals surface area (Å²) >= 11 is 0. The van der Waals surface area contributed by atoms with Crippen molar-refractivity contribution in [1.82, 2.24) is 0 Å². The summed E-state index contributed by atoms with van der Waals surface area (Å²) in [6, 6.07) is 0. The largest absolute Gasteiger partial charge is 0.0683 e. The summed E-state index contributed by atoms with van der Waals surface area (Å²) in [5.74, 6) is 0.898. The lowest BCUT2D eigenvalue weighted by Crippen LogP contribution is -2.13. The maximum atomic E-state index is 2.36. The lowest BCUT2D eigenvalue weighted by atomic mass is 9.80. The first-order chi connectivity index (χ1) is 5.52. The van der Waals surface area contributed by atoms with Crippen molar-refractivity contribution >= 4 is 0 Å². The minimum atomic E-state index is 0.565. The van der Waals surface area contributed by atoms with Crippen molar-refractivity contribution < 1.29 is 0 Å². The van der Waals surface area contributed by atoms with Crippen molar-refractivity contribution in [3.63, 3.8) is 0 Å². The van der Waals surface area contributed by atoms with Gasteiger partial charge in [-0.3, -0.25) is 0 Å². The Morgan fingerprint density at radius 3 is 1.75 bits per heavy atom. The molecule has 0 bridgehead atoms. The highest BCUT2D eigenvalue weighted by Crippen LogP contribution is 2.29. The molecule has 1 unspecified atom stereocenters. The van der Waals surface area contributed by atoms with E-state index in [1.165, 1.54) is 19.3 Å². The maximum absolute atomic E-state index is 2.36. The summed E-state index contributed by atoms with van der Waals surface area (Å²) < 4.78 is 0. The molecule has 0 fully saturated rings. The molecular weight excluding hydrogens is 144 g/mol. The lowest BCUT2D eigenvalue weighted by Gasteiger charge is -2.25. The number of hydrogen-bond acceptors (Lipinski definition) is 0. The lowest BCUT2D eigenvalue weighted by molar-refractivity contribution is 0.263. The molecule has 0 nitrogen and oxygen atoms in total. The first kappa shape index (κ1) is 14.5. The predicted molar refractivity (Wildman–Crippen MR) is 59.5 cm³/mol. The third-order valence-corrected chi connectivity index (χ3v) is 2.56. The minimum Gasteiger partial charge on any atom is -0.0683 e. The molecular formula is C12H28. The summed E-state index contributed by atoms with van der Waals surface area (Å²) in [5.41, 5.74) is 0.565. The van der Waals surface area contributed by atoms with E-state index in [1.54, 1.807) is 0 Å². The zero-order valence-electron chi connectivity index (χ0n) is 10.2. The van der Waals surface area contributed by atoms with Gasteiger partial charge in [0.25, 0.3) is 0 Å². The van der Waals surface area contributed by atoms with Gasteiger partial charge in [0.15, 0.2) is 0 Å². The fourth-order valence-electron chi connectivity index (χ4n) is 1.23. The second-order valence-corrected chi connectivity index (χ2v) is 4.24. The van der Waals surface area contributed by atoms with E-state index in [-0.39, 0.29) is 0 Å². The molecule has 0 aromatic carbocycles. The molecule has 1 atom stereocenters.